The first-order valence-corrected chi connectivity index (χ1v) is 8.14. The number of rotatable bonds is 1. The van der Waals surface area contributed by atoms with E-state index in [0.717, 1.165) is 12.1 Å². The van der Waals surface area contributed by atoms with Crippen LogP contribution in [0.5, 0.6) is 0 Å². The predicted octanol–water partition coefficient (Wildman–Crippen LogP) is 1.40. The highest BCUT2D eigenvalue weighted by atomic mass is 19.4. The molecule has 2 aliphatic rings. The number of amides is 2. The molecule has 0 bridgehead atoms. The molecule has 136 valence electrons. The van der Waals surface area contributed by atoms with Crippen molar-refractivity contribution in [3.8, 4) is 0 Å². The molecule has 1 N–H and O–H groups in total. The van der Waals surface area contributed by atoms with Gasteiger partial charge in [-0.1, -0.05) is 6.07 Å². The maximum Gasteiger partial charge on any atom is 0.416 e. The third-order valence-corrected chi connectivity index (χ3v) is 4.81. The summed E-state index contributed by atoms with van der Waals surface area (Å²) < 4.78 is 38.8. The molecular weight excluding hydrogens is 349 g/mol. The van der Waals surface area contributed by atoms with Crippen LogP contribution in [0.3, 0.4) is 0 Å². The minimum atomic E-state index is -4.40. The third-order valence-electron chi connectivity index (χ3n) is 4.81. The van der Waals surface area contributed by atoms with Crippen LogP contribution in [0, 0.1) is 0 Å². The molecule has 3 heterocycles. The number of nitrogens with one attached hydrogen (secondary N) is 1. The Morgan fingerprint density at radius 2 is 1.96 bits per heavy atom. The lowest BCUT2D eigenvalue weighted by molar-refractivity contribution is -0.150. The lowest BCUT2D eigenvalue weighted by atomic mass is 10.1. The second-order valence-electron chi connectivity index (χ2n) is 6.38. The molecule has 2 aliphatic heterocycles. The van der Waals surface area contributed by atoms with Crippen molar-refractivity contribution in [3.05, 3.63) is 36.0 Å². The Balaban J connectivity index is 1.65. The van der Waals surface area contributed by atoms with Crippen molar-refractivity contribution in [2.24, 2.45) is 0 Å². The summed E-state index contributed by atoms with van der Waals surface area (Å²) in [7, 11) is 0. The van der Waals surface area contributed by atoms with Crippen LogP contribution in [0.4, 0.5) is 19.0 Å². The third kappa shape index (κ3) is 2.73. The zero-order chi connectivity index (χ0) is 18.5. The van der Waals surface area contributed by atoms with Crippen molar-refractivity contribution in [2.45, 2.75) is 12.2 Å². The number of nitrogens with zero attached hydrogens (tertiary/aromatic N) is 3. The number of benzene rings is 1. The smallest absolute Gasteiger partial charge is 0.352 e. The van der Waals surface area contributed by atoms with Gasteiger partial charge in [0.05, 0.1) is 11.6 Å². The van der Waals surface area contributed by atoms with Crippen molar-refractivity contribution in [2.75, 3.05) is 31.1 Å². The second kappa shape index (κ2) is 5.86. The fourth-order valence-electron chi connectivity index (χ4n) is 3.50. The summed E-state index contributed by atoms with van der Waals surface area (Å²) in [6, 6.07) is 4.96. The Kier molecular flexibility index (Phi) is 3.74. The van der Waals surface area contributed by atoms with Crippen LogP contribution in [0.2, 0.25) is 0 Å². The predicted molar refractivity (Wildman–Crippen MR) is 87.5 cm³/mol. The van der Waals surface area contributed by atoms with Crippen molar-refractivity contribution in [1.82, 2.24) is 15.2 Å². The zero-order valence-electron chi connectivity index (χ0n) is 13.6. The van der Waals surface area contributed by atoms with E-state index in [1.54, 1.807) is 11.0 Å². The van der Waals surface area contributed by atoms with Gasteiger partial charge in [-0.3, -0.25) is 9.59 Å². The zero-order valence-corrected chi connectivity index (χ0v) is 13.6. The normalized spacial score (nSPS) is 21.0. The summed E-state index contributed by atoms with van der Waals surface area (Å²) in [5, 5.41) is 3.65. The average molecular weight is 364 g/mol. The monoisotopic (exact) mass is 364 g/mol. The Morgan fingerprint density at radius 1 is 1.15 bits per heavy atom. The van der Waals surface area contributed by atoms with Gasteiger partial charge in [0.1, 0.15) is 5.82 Å². The largest absolute Gasteiger partial charge is 0.416 e. The molecule has 2 fully saturated rings. The summed E-state index contributed by atoms with van der Waals surface area (Å²) in [4.78, 5) is 31.2. The van der Waals surface area contributed by atoms with Crippen LogP contribution >= 0.6 is 0 Å². The van der Waals surface area contributed by atoms with Gasteiger partial charge in [0.2, 0.25) is 0 Å². The van der Waals surface area contributed by atoms with Crippen LogP contribution < -0.4 is 10.2 Å². The van der Waals surface area contributed by atoms with E-state index in [1.165, 1.54) is 12.3 Å². The maximum absolute atomic E-state index is 12.9. The van der Waals surface area contributed by atoms with E-state index in [1.807, 2.05) is 4.90 Å². The van der Waals surface area contributed by atoms with Crippen molar-refractivity contribution < 1.29 is 22.8 Å². The number of alkyl halides is 3. The fourth-order valence-corrected chi connectivity index (χ4v) is 3.50. The summed E-state index contributed by atoms with van der Waals surface area (Å²) in [5.74, 6) is -0.556. The van der Waals surface area contributed by atoms with Gasteiger partial charge < -0.3 is 15.1 Å². The molecule has 2 amide bonds. The molecule has 2 saturated heterocycles. The number of anilines is 1. The summed E-state index contributed by atoms with van der Waals surface area (Å²) in [5.41, 5.74) is -0.701. The van der Waals surface area contributed by atoms with Crippen LogP contribution in [-0.4, -0.2) is 53.9 Å². The second-order valence-corrected chi connectivity index (χ2v) is 6.38. The van der Waals surface area contributed by atoms with Gasteiger partial charge in [-0.25, -0.2) is 4.98 Å². The van der Waals surface area contributed by atoms with E-state index >= 15 is 0 Å². The number of hydrogen-bond donors (Lipinski definition) is 1. The number of carbonyl (C=O) groups is 2. The number of carbonyl (C=O) groups excluding carboxylic acids is 2. The number of halogens is 3. The van der Waals surface area contributed by atoms with E-state index < -0.39 is 23.6 Å². The highest BCUT2D eigenvalue weighted by Gasteiger charge is 2.38. The van der Waals surface area contributed by atoms with Crippen LogP contribution in [0.1, 0.15) is 5.56 Å². The molecule has 26 heavy (non-hydrogen) atoms. The van der Waals surface area contributed by atoms with Gasteiger partial charge in [0, 0.05) is 37.8 Å². The first-order chi connectivity index (χ1) is 12.3. The Morgan fingerprint density at radius 3 is 2.73 bits per heavy atom. The van der Waals surface area contributed by atoms with Crippen molar-refractivity contribution in [3.63, 3.8) is 0 Å². The molecule has 1 aromatic carbocycles. The molecule has 9 heteroatoms. The summed E-state index contributed by atoms with van der Waals surface area (Å²) in [6.07, 6.45) is -2.91. The number of fused-ring (bicyclic) bond motifs is 2. The van der Waals surface area contributed by atoms with Crippen LogP contribution in [-0.2, 0) is 15.8 Å². The lowest BCUT2D eigenvalue weighted by Gasteiger charge is -2.44. The summed E-state index contributed by atoms with van der Waals surface area (Å²) >= 11 is 0. The number of hydrogen-bond acceptors (Lipinski definition) is 4. The van der Waals surface area contributed by atoms with E-state index in [0.29, 0.717) is 42.8 Å². The number of aromatic nitrogens is 1. The number of pyridine rings is 1. The molecule has 0 aliphatic carbocycles. The average Bonchev–Trinajstić information content (AvgIpc) is 2.63. The number of piperazine rings is 2. The highest BCUT2D eigenvalue weighted by molar-refractivity contribution is 6.35. The molecule has 0 spiro atoms. The first-order valence-electron chi connectivity index (χ1n) is 8.14. The fraction of sp³-hybridized carbons (Fsp3) is 0.353. The van der Waals surface area contributed by atoms with Gasteiger partial charge >= 0.3 is 18.0 Å². The molecule has 1 aromatic heterocycles. The first kappa shape index (κ1) is 16.6. The van der Waals surface area contributed by atoms with Gasteiger partial charge in [-0.05, 0) is 23.6 Å². The molecule has 0 radical (unpaired) electrons. The van der Waals surface area contributed by atoms with Gasteiger partial charge in [0.15, 0.2) is 0 Å². The quantitative estimate of drug-likeness (QED) is 0.777. The van der Waals surface area contributed by atoms with Crippen LogP contribution in [0.15, 0.2) is 30.5 Å². The summed E-state index contributed by atoms with van der Waals surface area (Å²) in [6.45, 7) is 1.64. The molecule has 6 nitrogen and oxygen atoms in total. The van der Waals surface area contributed by atoms with E-state index in [-0.39, 0.29) is 6.04 Å². The van der Waals surface area contributed by atoms with Gasteiger partial charge in [-0.15, -0.1) is 0 Å². The minimum absolute atomic E-state index is 0.180. The van der Waals surface area contributed by atoms with Gasteiger partial charge in [-0.2, -0.15) is 13.2 Å². The molecular formula is C17H15F3N4O2. The van der Waals surface area contributed by atoms with Crippen molar-refractivity contribution >= 4 is 28.4 Å². The standard InChI is InChI=1S/C17H15F3N4O2/c18-17(19,20)11-1-2-13-10(7-11)3-4-21-14(13)23-5-6-24-12(9-23)8-22-15(25)16(24)26/h1-4,7,12H,5-6,8-9H2,(H,22,25). The van der Waals surface area contributed by atoms with Gasteiger partial charge in [0.25, 0.3) is 0 Å². The molecule has 0 saturated carbocycles. The maximum atomic E-state index is 12.9. The molecule has 2 aromatic rings. The SMILES string of the molecule is O=C1NCC2CN(c3nccc4cc(C(F)(F)F)ccc34)CCN2C1=O. The topological polar surface area (TPSA) is 65.5 Å². The lowest BCUT2D eigenvalue weighted by Crippen LogP contribution is -2.65. The Bertz CT molecular complexity index is 899. The van der Waals surface area contributed by atoms with E-state index in [9.17, 15) is 22.8 Å². The van der Waals surface area contributed by atoms with Crippen molar-refractivity contribution in [1.29, 1.82) is 0 Å². The van der Waals surface area contributed by atoms with E-state index in [2.05, 4.69) is 10.3 Å². The van der Waals surface area contributed by atoms with Crippen LogP contribution in [0.25, 0.3) is 10.8 Å². The Labute approximate surface area is 146 Å². The molecule has 4 rings (SSSR count). The van der Waals surface area contributed by atoms with E-state index in [4.69, 9.17) is 0 Å². The minimum Gasteiger partial charge on any atom is -0.352 e. The molecule has 1 unspecified atom stereocenters. The highest BCUT2D eigenvalue weighted by Crippen LogP contribution is 2.34. The molecule has 1 atom stereocenters. The Hall–Kier alpha value is -2.84.